The van der Waals surface area contributed by atoms with Crippen molar-refractivity contribution in [2.24, 2.45) is 35.5 Å². The largest absolute Gasteiger partial charge is 0.490 e. The Balaban J connectivity index is 0.000000157. The highest BCUT2D eigenvalue weighted by Crippen LogP contribution is 2.49. The minimum atomic E-state index is -3.99. The van der Waals surface area contributed by atoms with Gasteiger partial charge in [-0.3, -0.25) is 9.59 Å². The summed E-state index contributed by atoms with van der Waals surface area (Å²) in [6, 6.07) is 22.7. The number of fused-ring (bicyclic) bond motifs is 10. The van der Waals surface area contributed by atoms with Crippen LogP contribution in [0.2, 0.25) is 10.0 Å². The van der Waals surface area contributed by atoms with Gasteiger partial charge in [-0.15, -0.1) is 0 Å². The molecule has 0 aromatic heterocycles. The summed E-state index contributed by atoms with van der Waals surface area (Å²) in [7, 11) is -7.97. The second kappa shape index (κ2) is 23.2. The van der Waals surface area contributed by atoms with Gasteiger partial charge in [0.15, 0.2) is 0 Å². The Kier molecular flexibility index (Phi) is 16.0. The molecule has 10 aliphatic rings. The highest BCUT2D eigenvalue weighted by Gasteiger charge is 2.48. The van der Waals surface area contributed by atoms with E-state index in [2.05, 4.69) is 43.5 Å². The molecule has 4 aromatic rings. The summed E-state index contributed by atoms with van der Waals surface area (Å²) >= 11 is 12.8. The molecule has 2 saturated carbocycles. The van der Waals surface area contributed by atoms with Crippen LogP contribution in [0.1, 0.15) is 107 Å². The van der Waals surface area contributed by atoms with Crippen LogP contribution >= 0.6 is 23.2 Å². The molecule has 84 heavy (non-hydrogen) atoms. The number of hydrogen-bond acceptors (Lipinski definition) is 14. The minimum absolute atomic E-state index is 0.0367. The van der Waals surface area contributed by atoms with Gasteiger partial charge in [0.1, 0.15) is 22.0 Å². The Morgan fingerprint density at radius 3 is 1.40 bits per heavy atom. The number of aliphatic hydroxyl groups is 2. The Morgan fingerprint density at radius 2 is 0.988 bits per heavy atom. The zero-order valence-corrected chi connectivity index (χ0v) is 50.2. The topological polar surface area (TPSA) is 210 Å². The van der Waals surface area contributed by atoms with Crippen LogP contribution in [0.15, 0.2) is 97.1 Å². The van der Waals surface area contributed by atoms with Gasteiger partial charge < -0.3 is 39.0 Å². The highest BCUT2D eigenvalue weighted by atomic mass is 35.5. The van der Waals surface area contributed by atoms with Crippen molar-refractivity contribution in [3.05, 3.63) is 141 Å². The fourth-order valence-electron chi connectivity index (χ4n) is 15.5. The molecule has 6 aliphatic heterocycles. The van der Waals surface area contributed by atoms with E-state index in [0.717, 1.165) is 85.6 Å². The number of benzene rings is 4. The SMILES string of the molecule is O=C1NS(=O)(=O)[C@@H]2COC[C@@H]2C/C=C/[C@H](O)[C@@H]2CC[C@H]2CN2C[C@@]3(CCCc4cc(Cl)ccc43)COc3ccc1cc32.O=C1NS(=O)(=O)[C@H]2COC[C@H]2C/C=C/[C@H](O)[C@@H]2CC[C@H]2CN2C[C@@]3(CCCc4cc(Cl)ccc43)COc3ccc1cc32. The number of amides is 2. The van der Waals surface area contributed by atoms with Crippen LogP contribution in [-0.2, 0) is 53.2 Å². The number of rotatable bonds is 0. The molecule has 4 aromatic carbocycles. The molecule has 16 nitrogen and oxygen atoms in total. The van der Waals surface area contributed by atoms with E-state index in [9.17, 15) is 36.6 Å². The second-order valence-electron chi connectivity index (χ2n) is 25.5. The number of halogens is 2. The van der Waals surface area contributed by atoms with E-state index >= 15 is 0 Å². The van der Waals surface area contributed by atoms with Gasteiger partial charge in [0.05, 0.1) is 63.2 Å². The van der Waals surface area contributed by atoms with Gasteiger partial charge >= 0.3 is 0 Å². The number of aryl methyl sites for hydroxylation is 2. The van der Waals surface area contributed by atoms with Crippen molar-refractivity contribution in [3.8, 4) is 11.5 Å². The number of anilines is 2. The van der Waals surface area contributed by atoms with E-state index in [-0.39, 0.29) is 70.7 Å². The first-order valence-electron chi connectivity index (χ1n) is 30.0. The van der Waals surface area contributed by atoms with Gasteiger partial charge in [-0.2, -0.15) is 0 Å². The van der Waals surface area contributed by atoms with E-state index in [1.807, 2.05) is 36.4 Å². The molecule has 4 aliphatic carbocycles. The monoisotopic (exact) mass is 1220 g/mol. The number of nitrogens with zero attached hydrogens (tertiary/aromatic N) is 2. The van der Waals surface area contributed by atoms with E-state index in [0.29, 0.717) is 76.9 Å². The molecule has 2 amide bonds. The average Bonchev–Trinajstić information content (AvgIpc) is 2.24. The molecular formula is C64H74Cl2N4O12S2. The lowest BCUT2D eigenvalue weighted by Gasteiger charge is -2.45. The van der Waals surface area contributed by atoms with Gasteiger partial charge in [0.2, 0.25) is 20.0 Å². The van der Waals surface area contributed by atoms with Gasteiger partial charge in [0, 0.05) is 70.0 Å². The Morgan fingerprint density at radius 1 is 0.548 bits per heavy atom. The molecule has 14 rings (SSSR count). The van der Waals surface area contributed by atoms with Crippen LogP contribution in [0.3, 0.4) is 0 Å². The van der Waals surface area contributed by atoms with Crippen molar-refractivity contribution >= 4 is 66.4 Å². The summed E-state index contributed by atoms with van der Waals surface area (Å²) in [5, 5.41) is 22.1. The molecule has 20 heteroatoms. The molecule has 2 saturated heterocycles. The lowest BCUT2D eigenvalue weighted by Crippen LogP contribution is -2.49. The zero-order chi connectivity index (χ0) is 58.1. The number of hydrogen-bond donors (Lipinski definition) is 4. The maximum Gasteiger partial charge on any atom is 0.264 e. The smallest absolute Gasteiger partial charge is 0.264 e. The summed E-state index contributed by atoms with van der Waals surface area (Å²) in [5.41, 5.74) is 6.57. The Bertz CT molecular complexity index is 3280. The molecule has 6 heterocycles. The number of nitrogens with one attached hydrogen (secondary N) is 2. The first kappa shape index (κ1) is 57.9. The fourth-order valence-corrected chi connectivity index (χ4v) is 18.9. The lowest BCUT2D eigenvalue weighted by atomic mass is 9.68. The third kappa shape index (κ3) is 11.2. The highest BCUT2D eigenvalue weighted by molar-refractivity contribution is 7.91. The van der Waals surface area contributed by atoms with Gasteiger partial charge in [-0.05, 0) is 184 Å². The van der Waals surface area contributed by atoms with E-state index in [1.165, 1.54) is 22.3 Å². The minimum Gasteiger partial charge on any atom is -0.490 e. The van der Waals surface area contributed by atoms with Crippen molar-refractivity contribution in [2.45, 2.75) is 111 Å². The molecule has 0 unspecified atom stereocenters. The normalized spacial score (nSPS) is 34.6. The van der Waals surface area contributed by atoms with E-state index in [1.54, 1.807) is 36.4 Å². The molecule has 4 fully saturated rings. The third-order valence-corrected chi connectivity index (χ3v) is 24.5. The molecular weight excluding hydrogens is 1150 g/mol. The number of allylic oxidation sites excluding steroid dienone is 2. The van der Waals surface area contributed by atoms with Crippen LogP contribution in [0.4, 0.5) is 11.4 Å². The average molecular weight is 1230 g/mol. The summed E-state index contributed by atoms with van der Waals surface area (Å²) in [5.74, 6) is 0.237. The van der Waals surface area contributed by atoms with Crippen LogP contribution in [0.25, 0.3) is 0 Å². The van der Waals surface area contributed by atoms with Crippen molar-refractivity contribution < 1.29 is 55.6 Å². The van der Waals surface area contributed by atoms with Crippen molar-refractivity contribution in [1.29, 1.82) is 0 Å². The van der Waals surface area contributed by atoms with Crippen molar-refractivity contribution in [2.75, 3.05) is 75.6 Å². The lowest BCUT2D eigenvalue weighted by molar-refractivity contribution is 0.0454. The van der Waals surface area contributed by atoms with Gasteiger partial charge in [-0.25, -0.2) is 26.3 Å². The third-order valence-electron chi connectivity index (χ3n) is 20.4. The number of sulfonamides is 2. The second-order valence-corrected chi connectivity index (χ2v) is 30.2. The van der Waals surface area contributed by atoms with E-state index in [4.69, 9.17) is 42.1 Å². The Labute approximate surface area is 502 Å². The van der Waals surface area contributed by atoms with Crippen LogP contribution in [0.5, 0.6) is 11.5 Å². The van der Waals surface area contributed by atoms with Crippen LogP contribution < -0.4 is 28.7 Å². The maximum absolute atomic E-state index is 13.4. The molecule has 448 valence electrons. The predicted molar refractivity (Wildman–Crippen MR) is 321 cm³/mol. The molecule has 12 atom stereocenters. The fraction of sp³-hybridized carbons (Fsp3) is 0.531. The summed E-state index contributed by atoms with van der Waals surface area (Å²) in [6.45, 7) is 4.45. The standard InChI is InChI=1S/2C32H37ClN2O6S/c2*33-24-8-10-26-20(13-24)4-2-12-32(26)18-35-15-22-6-9-25(22)28(36)5-1-3-23-16-40-17-30(23)42(38,39)34-31(37)21-7-11-29(41-19-32)27(35)14-21/h2*1,5,7-8,10-11,13-14,22-23,25,28,30,36H,2-4,6,9,12,15-19H2,(H,34,37)/b2*5-1+/t22-,23+,25+,28-,30-,32-;22-,23-,25+,28-,30+,32-/m00/s1. The molecule has 4 bridgehead atoms. The number of aliphatic hydroxyl groups excluding tert-OH is 2. The first-order chi connectivity index (χ1) is 40.4. The summed E-state index contributed by atoms with van der Waals surface area (Å²) < 4.78 is 82.0. The van der Waals surface area contributed by atoms with Crippen molar-refractivity contribution in [1.82, 2.24) is 9.44 Å². The van der Waals surface area contributed by atoms with Gasteiger partial charge in [0.25, 0.3) is 11.8 Å². The predicted octanol–water partition coefficient (Wildman–Crippen LogP) is 8.47. The number of carbonyl (C=O) groups excluding carboxylic acids is 2. The first-order valence-corrected chi connectivity index (χ1v) is 33.9. The van der Waals surface area contributed by atoms with Gasteiger partial charge in [-0.1, -0.05) is 59.6 Å². The molecule has 2 spiro atoms. The number of ether oxygens (including phenoxy) is 4. The maximum atomic E-state index is 13.4. The van der Waals surface area contributed by atoms with Crippen LogP contribution in [0, 0.1) is 35.5 Å². The molecule has 0 radical (unpaired) electrons. The Hall–Kier alpha value is -5.18. The number of carbonyl (C=O) groups is 2. The van der Waals surface area contributed by atoms with E-state index < -0.39 is 54.6 Å². The zero-order valence-electron chi connectivity index (χ0n) is 47.0. The van der Waals surface area contributed by atoms with Crippen LogP contribution in [-0.4, -0.2) is 127 Å². The molecule has 4 N–H and O–H groups in total. The van der Waals surface area contributed by atoms with Crippen molar-refractivity contribution in [3.63, 3.8) is 0 Å². The summed E-state index contributed by atoms with van der Waals surface area (Å²) in [4.78, 5) is 31.4. The summed E-state index contributed by atoms with van der Waals surface area (Å²) in [6.07, 6.45) is 16.9. The quantitative estimate of drug-likeness (QED) is 0.122.